The van der Waals surface area contributed by atoms with Crippen LogP contribution in [-0.2, 0) is 9.59 Å². The van der Waals surface area contributed by atoms with Crippen LogP contribution in [0.1, 0.15) is 25.7 Å². The average molecular weight is 222 g/mol. The Balaban J connectivity index is 2.49. The maximum absolute atomic E-state index is 10.4. The fraction of sp³-hybridized carbons (Fsp3) is 0.500. The van der Waals surface area contributed by atoms with Gasteiger partial charge in [0.1, 0.15) is 0 Å². The van der Waals surface area contributed by atoms with E-state index in [2.05, 4.69) is 34.9 Å². The van der Waals surface area contributed by atoms with Crippen molar-refractivity contribution in [2.24, 2.45) is 0 Å². The summed E-state index contributed by atoms with van der Waals surface area (Å²) in [6, 6.07) is 0.362. The van der Waals surface area contributed by atoms with E-state index >= 15 is 0 Å². The Hall–Kier alpha value is -1.58. The Kier molecular flexibility index (Phi) is 5.99. The fourth-order valence-electron chi connectivity index (χ4n) is 1.70. The molecule has 16 heavy (non-hydrogen) atoms. The van der Waals surface area contributed by atoms with E-state index < -0.39 is 0 Å². The highest BCUT2D eigenvalue weighted by atomic mass is 16.1. The Morgan fingerprint density at radius 3 is 1.31 bits per heavy atom. The molecule has 0 heterocycles. The Labute approximate surface area is 95.8 Å². The summed E-state index contributed by atoms with van der Waals surface area (Å²) >= 11 is 0. The second-order valence-electron chi connectivity index (χ2n) is 3.85. The van der Waals surface area contributed by atoms with Crippen LogP contribution in [0.15, 0.2) is 24.3 Å². The summed E-state index contributed by atoms with van der Waals surface area (Å²) in [6.07, 6.45) is 13.0. The molecule has 0 bridgehead atoms. The van der Waals surface area contributed by atoms with Crippen molar-refractivity contribution in [2.45, 2.75) is 37.8 Å². The normalized spacial score (nSPS) is 29.8. The molecule has 1 aliphatic carbocycles. The molecule has 88 valence electrons. The van der Waals surface area contributed by atoms with Crippen molar-refractivity contribution >= 4 is 12.8 Å². The molecule has 2 amide bonds. The molecule has 0 aromatic heterocycles. The molecular weight excluding hydrogens is 204 g/mol. The molecule has 0 aliphatic heterocycles. The van der Waals surface area contributed by atoms with Gasteiger partial charge in [0.25, 0.3) is 0 Å². The standard InChI is InChI=1S/C12H18N2O2/c15-9-13-11-5-1-2-6-12(14-10-16)8-4-3-7-11/h1-4,9-12H,5-8H2,(H,13,15)(H,14,16)/b2-1-,4-3-. The van der Waals surface area contributed by atoms with Crippen LogP contribution in [0.25, 0.3) is 0 Å². The Morgan fingerprint density at radius 1 is 0.750 bits per heavy atom. The van der Waals surface area contributed by atoms with Gasteiger partial charge < -0.3 is 10.6 Å². The zero-order valence-corrected chi connectivity index (χ0v) is 9.26. The molecule has 0 aromatic rings. The topological polar surface area (TPSA) is 58.2 Å². The molecule has 1 rings (SSSR count). The van der Waals surface area contributed by atoms with E-state index in [1.807, 2.05) is 0 Å². The number of carbonyl (C=O) groups excluding carboxylic acids is 2. The molecule has 0 fully saturated rings. The average Bonchev–Trinajstić information content (AvgIpc) is 2.29. The van der Waals surface area contributed by atoms with Crippen molar-refractivity contribution < 1.29 is 9.59 Å². The quantitative estimate of drug-likeness (QED) is 0.548. The molecule has 0 atom stereocenters. The molecular formula is C12H18N2O2. The van der Waals surface area contributed by atoms with Crippen LogP contribution in [0.2, 0.25) is 0 Å². The highest BCUT2D eigenvalue weighted by Crippen LogP contribution is 2.07. The largest absolute Gasteiger partial charge is 0.355 e. The van der Waals surface area contributed by atoms with Gasteiger partial charge in [-0.25, -0.2) is 0 Å². The van der Waals surface area contributed by atoms with Crippen molar-refractivity contribution in [1.29, 1.82) is 0 Å². The van der Waals surface area contributed by atoms with E-state index in [-0.39, 0.29) is 12.1 Å². The number of rotatable bonds is 4. The summed E-state index contributed by atoms with van der Waals surface area (Å²) in [5.74, 6) is 0. The third-order valence-electron chi connectivity index (χ3n) is 2.62. The van der Waals surface area contributed by atoms with Crippen molar-refractivity contribution in [3.8, 4) is 0 Å². The van der Waals surface area contributed by atoms with Crippen LogP contribution in [0, 0.1) is 0 Å². The molecule has 1 aliphatic rings. The van der Waals surface area contributed by atoms with Gasteiger partial charge in [-0.3, -0.25) is 9.59 Å². The van der Waals surface area contributed by atoms with E-state index in [1.165, 1.54) is 0 Å². The van der Waals surface area contributed by atoms with Crippen LogP contribution >= 0.6 is 0 Å². The molecule has 2 N–H and O–H groups in total. The second kappa shape index (κ2) is 7.68. The van der Waals surface area contributed by atoms with Crippen molar-refractivity contribution in [2.75, 3.05) is 0 Å². The van der Waals surface area contributed by atoms with Gasteiger partial charge in [-0.15, -0.1) is 0 Å². The van der Waals surface area contributed by atoms with Gasteiger partial charge in [0.05, 0.1) is 0 Å². The minimum absolute atomic E-state index is 0.181. The van der Waals surface area contributed by atoms with Gasteiger partial charge in [0.15, 0.2) is 0 Å². The molecule has 0 saturated carbocycles. The maximum atomic E-state index is 10.4. The minimum Gasteiger partial charge on any atom is -0.355 e. The molecule has 4 nitrogen and oxygen atoms in total. The highest BCUT2D eigenvalue weighted by Gasteiger charge is 2.06. The van der Waals surface area contributed by atoms with Crippen molar-refractivity contribution in [1.82, 2.24) is 10.6 Å². The van der Waals surface area contributed by atoms with Gasteiger partial charge in [-0.1, -0.05) is 24.3 Å². The molecule has 0 saturated heterocycles. The minimum atomic E-state index is 0.181. The fourth-order valence-corrected chi connectivity index (χ4v) is 1.70. The number of hydrogen-bond acceptors (Lipinski definition) is 2. The smallest absolute Gasteiger partial charge is 0.207 e. The molecule has 0 unspecified atom stereocenters. The molecule has 0 spiro atoms. The highest BCUT2D eigenvalue weighted by molar-refractivity contribution is 5.47. The third-order valence-corrected chi connectivity index (χ3v) is 2.62. The third kappa shape index (κ3) is 4.77. The first-order chi connectivity index (χ1) is 7.86. The molecule has 4 heteroatoms. The van der Waals surface area contributed by atoms with Crippen LogP contribution in [-0.4, -0.2) is 24.9 Å². The number of amides is 2. The first-order valence-corrected chi connectivity index (χ1v) is 5.56. The Bertz CT molecular complexity index is 230. The van der Waals surface area contributed by atoms with Crippen LogP contribution in [0.3, 0.4) is 0 Å². The van der Waals surface area contributed by atoms with Crippen LogP contribution in [0.5, 0.6) is 0 Å². The lowest BCUT2D eigenvalue weighted by Gasteiger charge is -2.15. The first-order valence-electron chi connectivity index (χ1n) is 5.56. The monoisotopic (exact) mass is 222 g/mol. The summed E-state index contributed by atoms with van der Waals surface area (Å²) < 4.78 is 0. The van der Waals surface area contributed by atoms with Crippen molar-refractivity contribution in [3.63, 3.8) is 0 Å². The number of carbonyl (C=O) groups is 2. The summed E-state index contributed by atoms with van der Waals surface area (Å²) in [5, 5.41) is 5.56. The van der Waals surface area contributed by atoms with Crippen LogP contribution in [0.4, 0.5) is 0 Å². The van der Waals surface area contributed by atoms with Gasteiger partial charge in [-0.05, 0) is 25.7 Å². The van der Waals surface area contributed by atoms with Gasteiger partial charge in [-0.2, -0.15) is 0 Å². The number of hydrogen-bond donors (Lipinski definition) is 2. The van der Waals surface area contributed by atoms with Gasteiger partial charge >= 0.3 is 0 Å². The van der Waals surface area contributed by atoms with E-state index in [0.717, 1.165) is 38.5 Å². The lowest BCUT2D eigenvalue weighted by atomic mass is 10.0. The second-order valence-corrected chi connectivity index (χ2v) is 3.85. The molecule has 0 radical (unpaired) electrons. The summed E-state index contributed by atoms with van der Waals surface area (Å²) in [4.78, 5) is 20.7. The van der Waals surface area contributed by atoms with Gasteiger partial charge in [0.2, 0.25) is 12.8 Å². The Morgan fingerprint density at radius 2 is 1.06 bits per heavy atom. The SMILES string of the molecule is O=CNC1C/C=C\CC(NC=O)C/C=C\C1. The predicted molar refractivity (Wildman–Crippen MR) is 62.7 cm³/mol. The summed E-state index contributed by atoms with van der Waals surface area (Å²) in [7, 11) is 0. The molecule has 0 aromatic carbocycles. The zero-order chi connectivity index (χ0) is 11.6. The van der Waals surface area contributed by atoms with Crippen LogP contribution < -0.4 is 10.6 Å². The first kappa shape index (κ1) is 12.5. The maximum Gasteiger partial charge on any atom is 0.207 e. The van der Waals surface area contributed by atoms with E-state index in [9.17, 15) is 9.59 Å². The van der Waals surface area contributed by atoms with E-state index in [4.69, 9.17) is 0 Å². The van der Waals surface area contributed by atoms with Crippen molar-refractivity contribution in [3.05, 3.63) is 24.3 Å². The zero-order valence-electron chi connectivity index (χ0n) is 9.26. The summed E-state index contributed by atoms with van der Waals surface area (Å²) in [6.45, 7) is 0. The predicted octanol–water partition coefficient (Wildman–Crippen LogP) is 0.902. The van der Waals surface area contributed by atoms with E-state index in [1.54, 1.807) is 0 Å². The lowest BCUT2D eigenvalue weighted by molar-refractivity contribution is -0.110. The van der Waals surface area contributed by atoms with Gasteiger partial charge in [0, 0.05) is 12.1 Å². The summed E-state index contributed by atoms with van der Waals surface area (Å²) in [5.41, 5.74) is 0. The van der Waals surface area contributed by atoms with E-state index in [0.29, 0.717) is 0 Å². The number of nitrogens with one attached hydrogen (secondary N) is 2. The lowest BCUT2D eigenvalue weighted by Crippen LogP contribution is -2.28.